The van der Waals surface area contributed by atoms with Gasteiger partial charge in [0.25, 0.3) is 0 Å². The number of fused-ring (bicyclic) bond motifs is 2. The summed E-state index contributed by atoms with van der Waals surface area (Å²) in [5.41, 5.74) is 6.75. The Morgan fingerprint density at radius 2 is 1.85 bits per heavy atom. The van der Waals surface area contributed by atoms with Crippen molar-refractivity contribution in [2.75, 3.05) is 33.7 Å². The highest BCUT2D eigenvalue weighted by molar-refractivity contribution is 5.85. The second kappa shape index (κ2) is 8.15. The van der Waals surface area contributed by atoms with Gasteiger partial charge in [-0.3, -0.25) is 14.3 Å². The molecule has 1 aliphatic rings. The molecule has 0 bridgehead atoms. The number of amides is 1. The van der Waals surface area contributed by atoms with Gasteiger partial charge in [-0.25, -0.2) is 14.3 Å². The normalized spacial score (nSPS) is 15.5. The molecule has 1 fully saturated rings. The number of likely N-dealkylation sites (tertiary alicyclic amines) is 1. The number of aromatic nitrogens is 5. The van der Waals surface area contributed by atoms with Crippen LogP contribution in [0.4, 0.5) is 0 Å². The molecule has 172 valence electrons. The van der Waals surface area contributed by atoms with Crippen molar-refractivity contribution >= 4 is 22.6 Å². The minimum Gasteiger partial charge on any atom is -0.348 e. The molecule has 0 unspecified atom stereocenters. The first-order chi connectivity index (χ1) is 15.8. The highest BCUT2D eigenvalue weighted by Gasteiger charge is 2.26. The predicted octanol–water partition coefficient (Wildman–Crippen LogP) is 2.38. The molecule has 33 heavy (non-hydrogen) atoms. The Morgan fingerprint density at radius 1 is 1.12 bits per heavy atom. The SMILES string of the molecule is Cc1cc(-c2cc(C)c3ncnn3c2)cc2[nH]c(=O)n(C3CCN(CC(=O)N(C)C)CC3)c12. The lowest BCUT2D eigenvalue weighted by Crippen LogP contribution is -2.42. The largest absolute Gasteiger partial charge is 0.348 e. The number of aryl methyl sites for hydroxylation is 2. The van der Waals surface area contributed by atoms with Gasteiger partial charge in [-0.1, -0.05) is 0 Å². The number of benzene rings is 1. The Labute approximate surface area is 191 Å². The van der Waals surface area contributed by atoms with Crippen LogP contribution in [0.1, 0.15) is 30.0 Å². The lowest BCUT2D eigenvalue weighted by Gasteiger charge is -2.32. The highest BCUT2D eigenvalue weighted by atomic mass is 16.2. The number of nitrogens with one attached hydrogen (secondary N) is 1. The van der Waals surface area contributed by atoms with E-state index in [2.05, 4.69) is 39.0 Å². The molecular weight excluding hydrogens is 418 g/mol. The third-order valence-electron chi connectivity index (χ3n) is 6.67. The molecule has 0 spiro atoms. The Morgan fingerprint density at radius 3 is 2.58 bits per heavy atom. The van der Waals surface area contributed by atoms with E-state index in [-0.39, 0.29) is 17.6 Å². The Kier molecular flexibility index (Phi) is 5.28. The van der Waals surface area contributed by atoms with Crippen LogP contribution in [-0.4, -0.2) is 73.6 Å². The van der Waals surface area contributed by atoms with Crippen LogP contribution in [-0.2, 0) is 4.79 Å². The van der Waals surface area contributed by atoms with Crippen LogP contribution >= 0.6 is 0 Å². The molecule has 1 aromatic carbocycles. The molecule has 3 aromatic heterocycles. The molecule has 5 rings (SSSR count). The number of piperidine rings is 1. The number of rotatable bonds is 4. The standard InChI is InChI=1S/C24H29N7O2/c1-15-9-17(18-10-16(2)23-25-14-26-30(23)12-18)11-20-22(15)31(24(33)27-20)19-5-7-29(8-6-19)13-21(32)28(3)4/h9-12,14,19H,5-8,13H2,1-4H3,(H,27,33). The number of hydrogen-bond donors (Lipinski definition) is 1. The summed E-state index contributed by atoms with van der Waals surface area (Å²) in [5, 5.41) is 4.28. The van der Waals surface area contributed by atoms with Crippen molar-refractivity contribution in [1.29, 1.82) is 0 Å². The van der Waals surface area contributed by atoms with Crippen molar-refractivity contribution in [2.45, 2.75) is 32.7 Å². The summed E-state index contributed by atoms with van der Waals surface area (Å²) >= 11 is 0. The summed E-state index contributed by atoms with van der Waals surface area (Å²) in [6, 6.07) is 6.40. The van der Waals surface area contributed by atoms with Gasteiger partial charge < -0.3 is 9.88 Å². The second-order valence-electron chi connectivity index (χ2n) is 9.22. The van der Waals surface area contributed by atoms with Crippen molar-refractivity contribution < 1.29 is 4.79 Å². The minimum absolute atomic E-state index is 0.0732. The van der Waals surface area contributed by atoms with Gasteiger partial charge in [0.05, 0.1) is 17.6 Å². The maximum atomic E-state index is 13.0. The topological polar surface area (TPSA) is 91.5 Å². The lowest BCUT2D eigenvalue weighted by atomic mass is 10.0. The van der Waals surface area contributed by atoms with Crippen LogP contribution in [0.15, 0.2) is 35.5 Å². The van der Waals surface area contributed by atoms with Crippen molar-refractivity contribution in [3.05, 3.63) is 52.3 Å². The van der Waals surface area contributed by atoms with Crippen LogP contribution in [0, 0.1) is 13.8 Å². The number of pyridine rings is 1. The van der Waals surface area contributed by atoms with E-state index in [0.717, 1.165) is 64.9 Å². The van der Waals surface area contributed by atoms with Crippen molar-refractivity contribution in [3.8, 4) is 11.1 Å². The van der Waals surface area contributed by atoms with Crippen molar-refractivity contribution in [1.82, 2.24) is 33.9 Å². The molecule has 1 amide bonds. The van der Waals surface area contributed by atoms with E-state index in [0.29, 0.717) is 6.54 Å². The van der Waals surface area contributed by atoms with Crippen LogP contribution in [0.5, 0.6) is 0 Å². The fourth-order valence-electron chi connectivity index (χ4n) is 4.91. The fraction of sp³-hybridized carbons (Fsp3) is 0.417. The first-order valence-electron chi connectivity index (χ1n) is 11.3. The van der Waals surface area contributed by atoms with Gasteiger partial charge in [-0.05, 0) is 61.6 Å². The van der Waals surface area contributed by atoms with Crippen LogP contribution in [0.3, 0.4) is 0 Å². The van der Waals surface area contributed by atoms with Crippen LogP contribution < -0.4 is 5.69 Å². The molecule has 9 heteroatoms. The Bertz CT molecular complexity index is 1400. The number of carbonyl (C=O) groups excluding carboxylic acids is 1. The van der Waals surface area contributed by atoms with E-state index in [1.54, 1.807) is 29.8 Å². The summed E-state index contributed by atoms with van der Waals surface area (Å²) in [6.07, 6.45) is 5.21. The lowest BCUT2D eigenvalue weighted by molar-refractivity contribution is -0.130. The van der Waals surface area contributed by atoms with Crippen molar-refractivity contribution in [2.24, 2.45) is 0 Å². The van der Waals surface area contributed by atoms with Gasteiger partial charge in [0.15, 0.2) is 5.65 Å². The summed E-state index contributed by atoms with van der Waals surface area (Å²) < 4.78 is 3.71. The molecule has 0 atom stereocenters. The zero-order valence-electron chi connectivity index (χ0n) is 19.5. The van der Waals surface area contributed by atoms with Gasteiger partial charge in [0.1, 0.15) is 6.33 Å². The summed E-state index contributed by atoms with van der Waals surface area (Å²) in [4.78, 5) is 36.2. The van der Waals surface area contributed by atoms with Gasteiger partial charge in [0.2, 0.25) is 5.91 Å². The minimum atomic E-state index is -0.0732. The van der Waals surface area contributed by atoms with Crippen LogP contribution in [0.2, 0.25) is 0 Å². The first-order valence-corrected chi connectivity index (χ1v) is 11.3. The molecule has 0 saturated carbocycles. The first kappa shape index (κ1) is 21.4. The predicted molar refractivity (Wildman–Crippen MR) is 127 cm³/mol. The smallest absolute Gasteiger partial charge is 0.326 e. The molecule has 4 heterocycles. The number of imidazole rings is 1. The van der Waals surface area contributed by atoms with Gasteiger partial charge in [0, 0.05) is 45.0 Å². The molecular formula is C24H29N7O2. The molecule has 9 nitrogen and oxygen atoms in total. The Hall–Kier alpha value is -3.46. The number of H-pyrrole nitrogens is 1. The molecule has 1 saturated heterocycles. The Balaban J connectivity index is 1.45. The fourth-order valence-corrected chi connectivity index (χ4v) is 4.91. The van der Waals surface area contributed by atoms with E-state index >= 15 is 0 Å². The van der Waals surface area contributed by atoms with Gasteiger partial charge in [-0.15, -0.1) is 0 Å². The molecule has 1 N–H and O–H groups in total. The van der Waals surface area contributed by atoms with E-state index in [1.165, 1.54) is 0 Å². The molecule has 0 radical (unpaired) electrons. The summed E-state index contributed by atoms with van der Waals surface area (Å²) in [7, 11) is 3.56. The zero-order valence-corrected chi connectivity index (χ0v) is 19.5. The quantitative estimate of drug-likeness (QED) is 0.519. The molecule has 0 aliphatic carbocycles. The highest BCUT2D eigenvalue weighted by Crippen LogP contribution is 2.31. The number of carbonyl (C=O) groups is 1. The maximum Gasteiger partial charge on any atom is 0.326 e. The van der Waals surface area contributed by atoms with Gasteiger partial charge >= 0.3 is 5.69 Å². The van der Waals surface area contributed by atoms with Crippen molar-refractivity contribution in [3.63, 3.8) is 0 Å². The third kappa shape index (κ3) is 3.82. The van der Waals surface area contributed by atoms with E-state index in [4.69, 9.17) is 0 Å². The van der Waals surface area contributed by atoms with E-state index < -0.39 is 0 Å². The maximum absolute atomic E-state index is 13.0. The second-order valence-corrected chi connectivity index (χ2v) is 9.22. The van der Waals surface area contributed by atoms with E-state index in [9.17, 15) is 9.59 Å². The monoisotopic (exact) mass is 447 g/mol. The third-order valence-corrected chi connectivity index (χ3v) is 6.67. The number of nitrogens with zero attached hydrogens (tertiary/aromatic N) is 6. The van der Waals surface area contributed by atoms with Crippen LogP contribution in [0.25, 0.3) is 27.8 Å². The number of hydrogen-bond acceptors (Lipinski definition) is 5. The molecule has 1 aliphatic heterocycles. The molecule has 4 aromatic rings. The number of aromatic amines is 1. The summed E-state index contributed by atoms with van der Waals surface area (Å²) in [5.74, 6) is 0.111. The zero-order chi connectivity index (χ0) is 23.3. The summed E-state index contributed by atoms with van der Waals surface area (Å²) in [6.45, 7) is 6.12. The average molecular weight is 448 g/mol. The average Bonchev–Trinajstić information content (AvgIpc) is 3.38. The van der Waals surface area contributed by atoms with E-state index in [1.807, 2.05) is 23.8 Å². The number of likely N-dealkylation sites (N-methyl/N-ethyl adjacent to an activating group) is 1. The van der Waals surface area contributed by atoms with Gasteiger partial charge in [-0.2, -0.15) is 5.10 Å².